The van der Waals surface area contributed by atoms with Crippen molar-refractivity contribution >= 4 is 23.4 Å². The van der Waals surface area contributed by atoms with Crippen molar-refractivity contribution in [2.24, 2.45) is 5.92 Å². The topological polar surface area (TPSA) is 40.6 Å². The van der Waals surface area contributed by atoms with Crippen LogP contribution in [0.4, 0.5) is 0 Å². The molecule has 1 saturated heterocycles. The van der Waals surface area contributed by atoms with Crippen molar-refractivity contribution in [2.45, 2.75) is 19.3 Å². The van der Waals surface area contributed by atoms with Crippen LogP contribution in [0.25, 0.3) is 0 Å². The van der Waals surface area contributed by atoms with Gasteiger partial charge < -0.3 is 9.80 Å². The van der Waals surface area contributed by atoms with Crippen LogP contribution in [-0.2, 0) is 16.0 Å². The zero-order chi connectivity index (χ0) is 18.2. The molecule has 2 amide bonds. The highest BCUT2D eigenvalue weighted by molar-refractivity contribution is 6.30. The van der Waals surface area contributed by atoms with E-state index in [9.17, 15) is 9.59 Å². The van der Waals surface area contributed by atoms with Crippen LogP contribution < -0.4 is 0 Å². The van der Waals surface area contributed by atoms with Gasteiger partial charge in [-0.3, -0.25) is 9.59 Å². The fourth-order valence-corrected chi connectivity index (χ4v) is 3.20. The van der Waals surface area contributed by atoms with Gasteiger partial charge in [-0.05, 0) is 30.5 Å². The van der Waals surface area contributed by atoms with Gasteiger partial charge in [0.05, 0.1) is 5.92 Å². The Morgan fingerprint density at radius 1 is 1.24 bits per heavy atom. The first kappa shape index (κ1) is 19.3. The lowest BCUT2D eigenvalue weighted by atomic mass is 9.95. The average Bonchev–Trinajstić information content (AvgIpc) is 2.61. The molecule has 1 aliphatic heterocycles. The molecule has 1 aromatic carbocycles. The minimum Gasteiger partial charge on any atom is -0.342 e. The molecule has 0 bridgehead atoms. The summed E-state index contributed by atoms with van der Waals surface area (Å²) in [6, 6.07) is 7.64. The molecule has 0 N–H and O–H groups in total. The molecule has 1 fully saturated rings. The number of halogens is 1. The number of amides is 2. The second-order valence-electron chi connectivity index (χ2n) is 6.27. The van der Waals surface area contributed by atoms with Crippen LogP contribution >= 0.6 is 11.6 Å². The number of likely N-dealkylation sites (tertiary alicyclic amines) is 1. The van der Waals surface area contributed by atoms with E-state index in [1.165, 1.54) is 0 Å². The van der Waals surface area contributed by atoms with Gasteiger partial charge in [-0.25, -0.2) is 0 Å². The number of nitrogens with zero attached hydrogens (tertiary/aromatic N) is 2. The van der Waals surface area contributed by atoms with Gasteiger partial charge in [0, 0.05) is 37.6 Å². The van der Waals surface area contributed by atoms with Crippen molar-refractivity contribution < 1.29 is 9.59 Å². The first-order valence-electron chi connectivity index (χ1n) is 8.58. The van der Waals surface area contributed by atoms with Gasteiger partial charge in [-0.1, -0.05) is 35.9 Å². The van der Waals surface area contributed by atoms with Crippen LogP contribution in [0.15, 0.2) is 49.6 Å². The number of piperidine rings is 1. The maximum Gasteiger partial charge on any atom is 0.228 e. The van der Waals surface area contributed by atoms with E-state index >= 15 is 0 Å². The van der Waals surface area contributed by atoms with Crippen LogP contribution in [0, 0.1) is 5.92 Å². The van der Waals surface area contributed by atoms with Crippen molar-refractivity contribution in [1.82, 2.24) is 9.80 Å². The molecule has 1 atom stereocenters. The first-order valence-corrected chi connectivity index (χ1v) is 8.95. The highest BCUT2D eigenvalue weighted by Gasteiger charge is 2.32. The van der Waals surface area contributed by atoms with Crippen LogP contribution in [0.1, 0.15) is 18.4 Å². The minimum atomic E-state index is -0.150. The molecular weight excluding hydrogens is 336 g/mol. The van der Waals surface area contributed by atoms with Gasteiger partial charge in [0.1, 0.15) is 0 Å². The minimum absolute atomic E-state index is 0.0730. The summed E-state index contributed by atoms with van der Waals surface area (Å²) in [6.07, 6.45) is 5.22. The van der Waals surface area contributed by atoms with Crippen molar-refractivity contribution in [3.63, 3.8) is 0 Å². The fraction of sp³-hybridized carbons (Fsp3) is 0.400. The molecule has 2 rings (SSSR count). The van der Waals surface area contributed by atoms with E-state index in [0.29, 0.717) is 44.0 Å². The lowest BCUT2D eigenvalue weighted by Crippen LogP contribution is -2.47. The van der Waals surface area contributed by atoms with Gasteiger partial charge in [-0.15, -0.1) is 13.2 Å². The maximum absolute atomic E-state index is 12.7. The van der Waals surface area contributed by atoms with E-state index < -0.39 is 0 Å². The van der Waals surface area contributed by atoms with E-state index in [-0.39, 0.29) is 17.7 Å². The Hall–Kier alpha value is -2.07. The van der Waals surface area contributed by atoms with E-state index in [0.717, 1.165) is 12.0 Å². The summed E-state index contributed by atoms with van der Waals surface area (Å²) < 4.78 is 0. The Bertz CT molecular complexity index is 617. The molecule has 0 saturated carbocycles. The molecule has 1 heterocycles. The lowest BCUT2D eigenvalue weighted by Gasteiger charge is -2.34. The summed E-state index contributed by atoms with van der Waals surface area (Å²) in [5.74, 6) is 0.0450. The molecule has 0 aromatic heterocycles. The Morgan fingerprint density at radius 2 is 1.88 bits per heavy atom. The van der Waals surface area contributed by atoms with Crippen LogP contribution in [0.5, 0.6) is 0 Å². The van der Waals surface area contributed by atoms with E-state index in [4.69, 9.17) is 11.6 Å². The molecule has 1 aromatic rings. The highest BCUT2D eigenvalue weighted by Crippen LogP contribution is 2.21. The van der Waals surface area contributed by atoms with Crippen molar-refractivity contribution in [3.8, 4) is 0 Å². The van der Waals surface area contributed by atoms with E-state index in [2.05, 4.69) is 13.2 Å². The molecule has 1 unspecified atom stereocenters. The molecule has 0 aliphatic carbocycles. The number of carbonyl (C=O) groups is 2. The molecular formula is C20H25ClN2O2. The molecule has 25 heavy (non-hydrogen) atoms. The Labute approximate surface area is 154 Å². The number of hydrogen-bond acceptors (Lipinski definition) is 2. The van der Waals surface area contributed by atoms with Crippen molar-refractivity contribution in [1.29, 1.82) is 0 Å². The summed E-state index contributed by atoms with van der Waals surface area (Å²) in [5, 5.41) is 0.702. The molecule has 0 spiro atoms. The predicted octanol–water partition coefficient (Wildman–Crippen LogP) is 3.32. The molecule has 0 radical (unpaired) electrons. The van der Waals surface area contributed by atoms with E-state index in [1.54, 1.807) is 22.0 Å². The molecule has 4 nitrogen and oxygen atoms in total. The smallest absolute Gasteiger partial charge is 0.228 e. The third-order valence-electron chi connectivity index (χ3n) is 4.44. The highest BCUT2D eigenvalue weighted by atomic mass is 35.5. The lowest BCUT2D eigenvalue weighted by molar-refractivity contribution is -0.142. The Kier molecular flexibility index (Phi) is 7.26. The molecule has 5 heteroatoms. The molecule has 134 valence electrons. The van der Waals surface area contributed by atoms with Crippen molar-refractivity contribution in [2.75, 3.05) is 26.2 Å². The third-order valence-corrected chi connectivity index (χ3v) is 4.70. The van der Waals surface area contributed by atoms with Gasteiger partial charge in [0.15, 0.2) is 0 Å². The summed E-state index contributed by atoms with van der Waals surface area (Å²) in [7, 11) is 0. The standard InChI is InChI=1S/C20H25ClN2O2/c1-3-12-22(13-4-2)20(25)17-7-10-19(24)23(15-17)14-11-16-5-8-18(21)9-6-16/h3-6,8-9,17H,1-2,7,10-15H2. The Balaban J connectivity index is 1.96. The zero-order valence-electron chi connectivity index (χ0n) is 14.5. The number of rotatable bonds is 8. The molecule has 1 aliphatic rings. The summed E-state index contributed by atoms with van der Waals surface area (Å²) >= 11 is 5.90. The Morgan fingerprint density at radius 3 is 2.48 bits per heavy atom. The second kappa shape index (κ2) is 9.42. The monoisotopic (exact) mass is 360 g/mol. The van der Waals surface area contributed by atoms with Crippen LogP contribution in [-0.4, -0.2) is 47.8 Å². The zero-order valence-corrected chi connectivity index (χ0v) is 15.3. The number of benzene rings is 1. The van der Waals surface area contributed by atoms with Gasteiger partial charge in [-0.2, -0.15) is 0 Å². The second-order valence-corrected chi connectivity index (χ2v) is 6.71. The van der Waals surface area contributed by atoms with Crippen LogP contribution in [0.2, 0.25) is 5.02 Å². The maximum atomic E-state index is 12.7. The quantitative estimate of drug-likeness (QED) is 0.667. The summed E-state index contributed by atoms with van der Waals surface area (Å²) in [5.41, 5.74) is 1.13. The summed E-state index contributed by atoms with van der Waals surface area (Å²) in [4.78, 5) is 28.5. The third kappa shape index (κ3) is 5.46. The predicted molar refractivity (Wildman–Crippen MR) is 101 cm³/mol. The number of carbonyl (C=O) groups excluding carboxylic acids is 2. The summed E-state index contributed by atoms with van der Waals surface area (Å²) in [6.45, 7) is 9.51. The van der Waals surface area contributed by atoms with Gasteiger partial charge in [0.2, 0.25) is 11.8 Å². The first-order chi connectivity index (χ1) is 12.0. The largest absolute Gasteiger partial charge is 0.342 e. The SMILES string of the molecule is C=CCN(CC=C)C(=O)C1CCC(=O)N(CCc2ccc(Cl)cc2)C1. The average molecular weight is 361 g/mol. The van der Waals surface area contributed by atoms with Crippen molar-refractivity contribution in [3.05, 3.63) is 60.2 Å². The number of hydrogen-bond donors (Lipinski definition) is 0. The van der Waals surface area contributed by atoms with Crippen LogP contribution in [0.3, 0.4) is 0 Å². The normalized spacial score (nSPS) is 17.2. The fourth-order valence-electron chi connectivity index (χ4n) is 3.07. The van der Waals surface area contributed by atoms with E-state index in [1.807, 2.05) is 24.3 Å². The van der Waals surface area contributed by atoms with Gasteiger partial charge in [0.25, 0.3) is 0 Å². The van der Waals surface area contributed by atoms with Gasteiger partial charge >= 0.3 is 0 Å².